The van der Waals surface area contributed by atoms with Gasteiger partial charge in [0.1, 0.15) is 5.75 Å². The van der Waals surface area contributed by atoms with Crippen molar-refractivity contribution in [2.75, 3.05) is 7.11 Å². The van der Waals surface area contributed by atoms with Gasteiger partial charge >= 0.3 is 0 Å². The van der Waals surface area contributed by atoms with Crippen molar-refractivity contribution in [3.8, 4) is 5.75 Å². The molecule has 0 spiro atoms. The third-order valence-corrected chi connectivity index (χ3v) is 4.43. The zero-order chi connectivity index (χ0) is 13.1. The lowest BCUT2D eigenvalue weighted by Crippen LogP contribution is -2.02. The van der Waals surface area contributed by atoms with Gasteiger partial charge in [-0.25, -0.2) is 0 Å². The molecule has 2 rings (SSSR count). The van der Waals surface area contributed by atoms with Crippen molar-refractivity contribution in [1.82, 2.24) is 0 Å². The SMILES string of the molecule is COc1ccc(Br)c(CC(=O)c2ccc(C)s2)c1. The highest BCUT2D eigenvalue weighted by Crippen LogP contribution is 2.25. The molecule has 0 fully saturated rings. The van der Waals surface area contributed by atoms with Crippen molar-refractivity contribution in [3.05, 3.63) is 50.1 Å². The number of ketones is 1. The van der Waals surface area contributed by atoms with Gasteiger partial charge in [-0.2, -0.15) is 0 Å². The van der Waals surface area contributed by atoms with Crippen molar-refractivity contribution in [3.63, 3.8) is 0 Å². The van der Waals surface area contributed by atoms with Crippen LogP contribution in [-0.4, -0.2) is 12.9 Å². The maximum Gasteiger partial charge on any atom is 0.177 e. The first kappa shape index (κ1) is 13.3. The molecule has 1 aromatic heterocycles. The van der Waals surface area contributed by atoms with Crippen LogP contribution in [0.25, 0.3) is 0 Å². The van der Waals surface area contributed by atoms with E-state index >= 15 is 0 Å². The van der Waals surface area contributed by atoms with Crippen molar-refractivity contribution >= 4 is 33.0 Å². The zero-order valence-corrected chi connectivity index (χ0v) is 12.6. The molecule has 0 radical (unpaired) electrons. The highest BCUT2D eigenvalue weighted by atomic mass is 79.9. The second kappa shape index (κ2) is 5.67. The number of aryl methyl sites for hydroxylation is 1. The molecule has 0 saturated carbocycles. The van der Waals surface area contributed by atoms with Crippen LogP contribution < -0.4 is 4.74 Å². The van der Waals surface area contributed by atoms with Crippen LogP contribution in [0.1, 0.15) is 20.1 Å². The fourth-order valence-electron chi connectivity index (χ4n) is 1.66. The number of rotatable bonds is 4. The van der Waals surface area contributed by atoms with Gasteiger partial charge in [-0.3, -0.25) is 4.79 Å². The largest absolute Gasteiger partial charge is 0.497 e. The van der Waals surface area contributed by atoms with Crippen molar-refractivity contribution in [1.29, 1.82) is 0 Å². The molecule has 0 unspecified atom stereocenters. The number of ether oxygens (including phenoxy) is 1. The Bertz CT molecular complexity index is 575. The smallest absolute Gasteiger partial charge is 0.177 e. The number of halogens is 1. The maximum atomic E-state index is 12.1. The lowest BCUT2D eigenvalue weighted by Gasteiger charge is -2.06. The summed E-state index contributed by atoms with van der Waals surface area (Å²) >= 11 is 5.00. The Balaban J connectivity index is 2.21. The van der Waals surface area contributed by atoms with Gasteiger partial charge in [0.25, 0.3) is 0 Å². The topological polar surface area (TPSA) is 26.3 Å². The lowest BCUT2D eigenvalue weighted by atomic mass is 10.1. The third-order valence-electron chi connectivity index (χ3n) is 2.62. The fourth-order valence-corrected chi connectivity index (χ4v) is 2.85. The zero-order valence-electron chi connectivity index (χ0n) is 10.2. The third kappa shape index (κ3) is 3.00. The molecule has 2 nitrogen and oxygen atoms in total. The Morgan fingerprint density at radius 2 is 2.11 bits per heavy atom. The second-order valence-corrected chi connectivity index (χ2v) is 6.11. The van der Waals surface area contributed by atoms with Crippen LogP contribution in [0.2, 0.25) is 0 Å². The Morgan fingerprint density at radius 1 is 1.33 bits per heavy atom. The van der Waals surface area contributed by atoms with E-state index in [0.717, 1.165) is 25.5 Å². The molecular weight excluding hydrogens is 312 g/mol. The minimum Gasteiger partial charge on any atom is -0.497 e. The van der Waals surface area contributed by atoms with Crippen LogP contribution in [-0.2, 0) is 6.42 Å². The Labute approximate surface area is 119 Å². The Kier molecular flexibility index (Phi) is 4.19. The molecule has 4 heteroatoms. The quantitative estimate of drug-likeness (QED) is 0.786. The summed E-state index contributed by atoms with van der Waals surface area (Å²) in [5.74, 6) is 0.908. The molecule has 0 aliphatic carbocycles. The minimum absolute atomic E-state index is 0.141. The van der Waals surface area contributed by atoms with Gasteiger partial charge in [-0.05, 0) is 42.8 Å². The summed E-state index contributed by atoms with van der Waals surface area (Å²) in [6.45, 7) is 2.00. The van der Waals surface area contributed by atoms with Gasteiger partial charge in [0.05, 0.1) is 12.0 Å². The molecule has 0 amide bonds. The summed E-state index contributed by atoms with van der Waals surface area (Å²) in [7, 11) is 1.62. The second-order valence-electron chi connectivity index (χ2n) is 3.97. The van der Waals surface area contributed by atoms with E-state index in [1.165, 1.54) is 11.3 Å². The minimum atomic E-state index is 0.141. The van der Waals surface area contributed by atoms with E-state index in [4.69, 9.17) is 4.74 Å². The normalized spacial score (nSPS) is 10.4. The van der Waals surface area contributed by atoms with Crippen LogP contribution in [0, 0.1) is 6.92 Å². The number of Topliss-reactive ketones (excluding diaryl/α,β-unsaturated/α-hetero) is 1. The number of carbonyl (C=O) groups is 1. The average molecular weight is 325 g/mol. The first-order valence-electron chi connectivity index (χ1n) is 5.52. The molecule has 0 bridgehead atoms. The van der Waals surface area contributed by atoms with Crippen LogP contribution in [0.4, 0.5) is 0 Å². The maximum absolute atomic E-state index is 12.1. The fraction of sp³-hybridized carbons (Fsp3) is 0.214. The van der Waals surface area contributed by atoms with Gasteiger partial charge in [0.15, 0.2) is 5.78 Å². The summed E-state index contributed by atoms with van der Waals surface area (Å²) in [5.41, 5.74) is 0.949. The van der Waals surface area contributed by atoms with Crippen LogP contribution in [0.15, 0.2) is 34.8 Å². The predicted molar refractivity (Wildman–Crippen MR) is 77.8 cm³/mol. The van der Waals surface area contributed by atoms with Crippen molar-refractivity contribution in [2.45, 2.75) is 13.3 Å². The standard InChI is InChI=1S/C14H13BrO2S/c1-9-3-6-14(18-9)13(16)8-10-7-11(17-2)4-5-12(10)15/h3-7H,8H2,1-2H3. The monoisotopic (exact) mass is 324 g/mol. The number of methoxy groups -OCH3 is 1. The van der Waals surface area contributed by atoms with Gasteiger partial charge in [-0.15, -0.1) is 11.3 Å². The Hall–Kier alpha value is -1.13. The van der Waals surface area contributed by atoms with Crippen LogP contribution >= 0.6 is 27.3 Å². The van der Waals surface area contributed by atoms with Gasteiger partial charge in [-0.1, -0.05) is 15.9 Å². The van der Waals surface area contributed by atoms with Crippen molar-refractivity contribution < 1.29 is 9.53 Å². The summed E-state index contributed by atoms with van der Waals surface area (Å²) in [4.78, 5) is 14.1. The van der Waals surface area contributed by atoms with Crippen LogP contribution in [0.5, 0.6) is 5.75 Å². The number of thiophene rings is 1. The molecule has 0 aliphatic rings. The molecule has 1 heterocycles. The molecule has 0 aliphatic heterocycles. The highest BCUT2D eigenvalue weighted by molar-refractivity contribution is 9.10. The molecular formula is C14H13BrO2S. The number of hydrogen-bond acceptors (Lipinski definition) is 3. The lowest BCUT2D eigenvalue weighted by molar-refractivity contribution is 0.0996. The molecule has 0 atom stereocenters. The number of carbonyl (C=O) groups excluding carboxylic acids is 1. The van der Waals surface area contributed by atoms with Crippen molar-refractivity contribution in [2.24, 2.45) is 0 Å². The highest BCUT2D eigenvalue weighted by Gasteiger charge is 2.12. The predicted octanol–water partition coefficient (Wildman–Crippen LogP) is 4.25. The summed E-state index contributed by atoms with van der Waals surface area (Å²) < 4.78 is 6.11. The van der Waals surface area contributed by atoms with E-state index in [0.29, 0.717) is 6.42 Å². The van der Waals surface area contributed by atoms with Crippen LogP contribution in [0.3, 0.4) is 0 Å². The van der Waals surface area contributed by atoms with Gasteiger partial charge in [0, 0.05) is 15.8 Å². The summed E-state index contributed by atoms with van der Waals surface area (Å²) in [5, 5.41) is 0. The summed E-state index contributed by atoms with van der Waals surface area (Å²) in [6, 6.07) is 9.52. The van der Waals surface area contributed by atoms with E-state index in [9.17, 15) is 4.79 Å². The van der Waals surface area contributed by atoms with Gasteiger partial charge in [0.2, 0.25) is 0 Å². The molecule has 0 N–H and O–H groups in total. The molecule has 94 valence electrons. The molecule has 0 saturated heterocycles. The number of benzene rings is 1. The van der Waals surface area contributed by atoms with E-state index in [2.05, 4.69) is 15.9 Å². The van der Waals surface area contributed by atoms with E-state index in [-0.39, 0.29) is 5.78 Å². The van der Waals surface area contributed by atoms with E-state index in [1.54, 1.807) is 7.11 Å². The Morgan fingerprint density at radius 3 is 2.72 bits per heavy atom. The van der Waals surface area contributed by atoms with Gasteiger partial charge < -0.3 is 4.74 Å². The molecule has 1 aromatic carbocycles. The van der Waals surface area contributed by atoms with E-state index in [1.807, 2.05) is 37.3 Å². The first-order valence-corrected chi connectivity index (χ1v) is 7.13. The average Bonchev–Trinajstić information content (AvgIpc) is 2.79. The summed E-state index contributed by atoms with van der Waals surface area (Å²) in [6.07, 6.45) is 0.387. The molecule has 2 aromatic rings. The first-order chi connectivity index (χ1) is 8.60. The number of hydrogen-bond donors (Lipinski definition) is 0. The van der Waals surface area contributed by atoms with E-state index < -0.39 is 0 Å². The molecule has 18 heavy (non-hydrogen) atoms.